The van der Waals surface area contributed by atoms with E-state index in [0.717, 1.165) is 25.9 Å². The molecule has 4 nitrogen and oxygen atoms in total. The Morgan fingerprint density at radius 3 is 2.86 bits per heavy atom. The summed E-state index contributed by atoms with van der Waals surface area (Å²) in [6.07, 6.45) is 2.99. The van der Waals surface area contributed by atoms with Crippen molar-refractivity contribution in [3.05, 3.63) is 22.4 Å². The number of nitrogens with zero attached hydrogens (tertiary/aromatic N) is 1. The number of carbonyl (C=O) groups is 1. The number of thiophene rings is 1. The molecule has 2 unspecified atom stereocenters. The van der Waals surface area contributed by atoms with Crippen LogP contribution in [0.15, 0.2) is 17.5 Å². The van der Waals surface area contributed by atoms with E-state index in [0.29, 0.717) is 13.2 Å². The molecule has 2 heterocycles. The molecule has 1 aromatic rings. The molecule has 0 saturated carbocycles. The number of amides is 1. The van der Waals surface area contributed by atoms with Gasteiger partial charge < -0.3 is 9.64 Å². The Balaban J connectivity index is 2.02. The highest BCUT2D eigenvalue weighted by molar-refractivity contribution is 7.10. The van der Waals surface area contributed by atoms with Crippen LogP contribution in [0.1, 0.15) is 51.1 Å². The highest BCUT2D eigenvalue weighted by Gasteiger charge is 2.47. The fourth-order valence-electron chi connectivity index (χ4n) is 2.54. The lowest BCUT2D eigenvalue weighted by Gasteiger charge is -2.23. The van der Waals surface area contributed by atoms with Crippen molar-refractivity contribution in [2.24, 2.45) is 0 Å². The third-order valence-electron chi connectivity index (χ3n) is 4.14. The topological polar surface area (TPSA) is 41.6 Å². The quantitative estimate of drug-likeness (QED) is 0.750. The van der Waals surface area contributed by atoms with Gasteiger partial charge in [-0.2, -0.15) is 0 Å². The van der Waals surface area contributed by atoms with Crippen LogP contribution in [0.2, 0.25) is 0 Å². The molecular formula is C16H26N2O2S. The van der Waals surface area contributed by atoms with Crippen molar-refractivity contribution in [3.63, 3.8) is 0 Å². The minimum atomic E-state index is -0.460. The van der Waals surface area contributed by atoms with Crippen molar-refractivity contribution < 1.29 is 9.53 Å². The van der Waals surface area contributed by atoms with Crippen LogP contribution in [0.4, 0.5) is 0 Å². The smallest absolute Gasteiger partial charge is 0.244 e. The third-order valence-corrected chi connectivity index (χ3v) is 5.06. The lowest BCUT2D eigenvalue weighted by atomic mass is 9.99. The summed E-state index contributed by atoms with van der Waals surface area (Å²) in [6, 6.07) is 4.12. The van der Waals surface area contributed by atoms with Crippen LogP contribution in [0.3, 0.4) is 0 Å². The molecule has 118 valence electrons. The van der Waals surface area contributed by atoms with Gasteiger partial charge >= 0.3 is 0 Å². The van der Waals surface area contributed by atoms with Gasteiger partial charge in [0.2, 0.25) is 5.91 Å². The van der Waals surface area contributed by atoms with Gasteiger partial charge in [0.1, 0.15) is 6.17 Å². The first-order valence-electron chi connectivity index (χ1n) is 7.82. The highest BCUT2D eigenvalue weighted by Crippen LogP contribution is 2.34. The Morgan fingerprint density at radius 1 is 1.43 bits per heavy atom. The molecule has 0 aromatic carbocycles. The third kappa shape index (κ3) is 3.65. The van der Waals surface area contributed by atoms with Crippen LogP contribution >= 0.6 is 11.3 Å². The molecular weight excluding hydrogens is 284 g/mol. The molecule has 0 spiro atoms. The number of nitrogens with one attached hydrogen (secondary N) is 1. The molecule has 1 saturated heterocycles. The molecule has 2 atom stereocenters. The molecule has 0 radical (unpaired) electrons. The molecule has 1 amide bonds. The van der Waals surface area contributed by atoms with Gasteiger partial charge in [0, 0.05) is 18.0 Å². The lowest BCUT2D eigenvalue weighted by molar-refractivity contribution is -0.133. The summed E-state index contributed by atoms with van der Waals surface area (Å²) in [6.45, 7) is 8.23. The van der Waals surface area contributed by atoms with Gasteiger partial charge in [-0.25, -0.2) is 0 Å². The second kappa shape index (κ2) is 7.38. The first-order valence-corrected chi connectivity index (χ1v) is 8.70. The molecule has 1 aromatic heterocycles. The maximum absolute atomic E-state index is 12.7. The van der Waals surface area contributed by atoms with E-state index in [2.05, 4.69) is 30.6 Å². The molecule has 0 bridgehead atoms. The highest BCUT2D eigenvalue weighted by atomic mass is 32.1. The predicted octanol–water partition coefficient (Wildman–Crippen LogP) is 3.16. The summed E-state index contributed by atoms with van der Waals surface area (Å²) in [5.41, 5.74) is -0.460. The molecule has 0 aliphatic carbocycles. The van der Waals surface area contributed by atoms with E-state index in [-0.39, 0.29) is 12.1 Å². The van der Waals surface area contributed by atoms with E-state index in [1.807, 2.05) is 17.9 Å². The Labute approximate surface area is 131 Å². The van der Waals surface area contributed by atoms with Crippen LogP contribution in [0, 0.1) is 0 Å². The monoisotopic (exact) mass is 310 g/mol. The van der Waals surface area contributed by atoms with Crippen molar-refractivity contribution in [2.45, 2.75) is 51.7 Å². The number of rotatable bonds is 8. The summed E-state index contributed by atoms with van der Waals surface area (Å²) in [5, 5.41) is 5.56. The van der Waals surface area contributed by atoms with E-state index >= 15 is 0 Å². The maximum atomic E-state index is 12.7. The minimum absolute atomic E-state index is 0.0165. The van der Waals surface area contributed by atoms with Crippen LogP contribution in [0.25, 0.3) is 0 Å². The zero-order valence-electron chi connectivity index (χ0n) is 13.2. The second-order valence-corrected chi connectivity index (χ2v) is 6.69. The van der Waals surface area contributed by atoms with Crippen molar-refractivity contribution in [1.29, 1.82) is 0 Å². The summed E-state index contributed by atoms with van der Waals surface area (Å²) in [4.78, 5) is 15.8. The van der Waals surface area contributed by atoms with E-state index in [9.17, 15) is 4.79 Å². The maximum Gasteiger partial charge on any atom is 0.244 e. The summed E-state index contributed by atoms with van der Waals surface area (Å²) < 4.78 is 5.63. The minimum Gasteiger partial charge on any atom is -0.380 e. The van der Waals surface area contributed by atoms with Gasteiger partial charge in [-0.05, 0) is 31.2 Å². The average molecular weight is 310 g/mol. The molecule has 21 heavy (non-hydrogen) atoms. The zero-order valence-corrected chi connectivity index (χ0v) is 14.0. The summed E-state index contributed by atoms with van der Waals surface area (Å²) in [5.74, 6) is 0.183. The van der Waals surface area contributed by atoms with Crippen LogP contribution in [0.5, 0.6) is 0 Å². The molecule has 1 aliphatic rings. The van der Waals surface area contributed by atoms with Gasteiger partial charge in [0.15, 0.2) is 0 Å². The van der Waals surface area contributed by atoms with E-state index in [4.69, 9.17) is 4.74 Å². The van der Waals surface area contributed by atoms with Gasteiger partial charge in [0.25, 0.3) is 0 Å². The number of ether oxygens (including phenoxy) is 1. The summed E-state index contributed by atoms with van der Waals surface area (Å²) in [7, 11) is 0. The molecule has 1 fully saturated rings. The molecule has 1 aliphatic heterocycles. The fourth-order valence-corrected chi connectivity index (χ4v) is 3.33. The number of hydrogen-bond acceptors (Lipinski definition) is 4. The van der Waals surface area contributed by atoms with E-state index in [1.54, 1.807) is 11.3 Å². The predicted molar refractivity (Wildman–Crippen MR) is 86.3 cm³/mol. The normalized spacial score (nSPS) is 25.8. The van der Waals surface area contributed by atoms with E-state index in [1.165, 1.54) is 4.88 Å². The first kappa shape index (κ1) is 16.5. The second-order valence-electron chi connectivity index (χ2n) is 5.71. The largest absolute Gasteiger partial charge is 0.380 e. The summed E-state index contributed by atoms with van der Waals surface area (Å²) >= 11 is 1.69. The van der Waals surface area contributed by atoms with Crippen molar-refractivity contribution in [3.8, 4) is 0 Å². The van der Waals surface area contributed by atoms with E-state index < -0.39 is 5.54 Å². The van der Waals surface area contributed by atoms with Gasteiger partial charge in [-0.15, -0.1) is 11.3 Å². The van der Waals surface area contributed by atoms with Gasteiger partial charge in [-0.3, -0.25) is 10.1 Å². The number of unbranched alkanes of at least 4 members (excludes halogenated alkanes) is 1. The van der Waals surface area contributed by atoms with Crippen LogP contribution in [-0.2, 0) is 9.53 Å². The van der Waals surface area contributed by atoms with Gasteiger partial charge in [0.05, 0.1) is 12.1 Å². The fraction of sp³-hybridized carbons (Fsp3) is 0.688. The standard InChI is InChI=1S/C16H26N2O2S/c1-4-6-10-20-11-9-18-14(13-8-7-12-21-13)17-16(3,5-2)15(18)19/h7-8,12,14,17H,4-6,9-11H2,1-3H3. The van der Waals surface area contributed by atoms with Crippen molar-refractivity contribution in [1.82, 2.24) is 10.2 Å². The number of carbonyl (C=O) groups excluding carboxylic acids is 1. The Hall–Kier alpha value is -0.910. The molecule has 2 rings (SSSR count). The average Bonchev–Trinajstić information content (AvgIpc) is 3.09. The van der Waals surface area contributed by atoms with Crippen molar-refractivity contribution in [2.75, 3.05) is 19.8 Å². The number of hydrogen-bond donors (Lipinski definition) is 1. The van der Waals surface area contributed by atoms with Crippen LogP contribution in [-0.4, -0.2) is 36.1 Å². The zero-order chi connectivity index (χ0) is 15.3. The molecule has 5 heteroatoms. The van der Waals surface area contributed by atoms with Gasteiger partial charge in [-0.1, -0.05) is 26.3 Å². The van der Waals surface area contributed by atoms with Crippen molar-refractivity contribution >= 4 is 17.2 Å². The molecule has 1 N–H and O–H groups in total. The Bertz CT molecular complexity index is 449. The van der Waals surface area contributed by atoms with Crippen LogP contribution < -0.4 is 5.32 Å². The Morgan fingerprint density at radius 2 is 2.24 bits per heavy atom. The first-order chi connectivity index (χ1) is 10.1. The Kier molecular flexibility index (Phi) is 5.79. The lowest BCUT2D eigenvalue weighted by Crippen LogP contribution is -2.43. The SMILES string of the molecule is CCCCOCCN1C(=O)C(C)(CC)NC1c1cccs1.